The van der Waals surface area contributed by atoms with Gasteiger partial charge in [0.25, 0.3) is 0 Å². The molecule has 0 aromatic carbocycles. The van der Waals surface area contributed by atoms with Crippen LogP contribution in [-0.4, -0.2) is 141 Å². The number of aliphatic hydroxyl groups is 1. The second kappa shape index (κ2) is 23.9. The van der Waals surface area contributed by atoms with Gasteiger partial charge in [0.15, 0.2) is 0 Å². The summed E-state index contributed by atoms with van der Waals surface area (Å²) in [6.07, 6.45) is -0.689. The monoisotopic (exact) mass is 710 g/mol. The van der Waals surface area contributed by atoms with Gasteiger partial charge < -0.3 is 61.5 Å². The molecule has 0 aliphatic rings. The Kier molecular flexibility index (Phi) is 22.2. The van der Waals surface area contributed by atoms with E-state index < -0.39 is 72.5 Å². The maximum atomic E-state index is 12.6. The van der Waals surface area contributed by atoms with Crippen LogP contribution < -0.4 is 32.3 Å². The van der Waals surface area contributed by atoms with Crippen LogP contribution in [0.5, 0.6) is 0 Å². The zero-order chi connectivity index (χ0) is 36.8. The van der Waals surface area contributed by atoms with E-state index in [2.05, 4.69) is 26.6 Å². The number of thioether (sulfide) groups is 1. The zero-order valence-electron chi connectivity index (χ0n) is 28.7. The average molecular weight is 711 g/mol. The van der Waals surface area contributed by atoms with Gasteiger partial charge in [-0.05, 0) is 40.5 Å². The third-order valence-electron chi connectivity index (χ3n) is 6.59. The van der Waals surface area contributed by atoms with Gasteiger partial charge in [-0.25, -0.2) is 9.59 Å². The SMILES string of the molecule is CNC(=O)OCC[C@H](CSC[C@H](N)C(=O)N[C@@H](CO)C(=O)NCCOC(C)(C)CCOC(C)(C)CCC(=O)NCC(=O)O)OC(=O)NC. The van der Waals surface area contributed by atoms with Gasteiger partial charge in [-0.1, -0.05) is 0 Å². The number of carboxylic acid groups (broad SMARTS) is 1. The molecular formula is C29H54N6O12S. The summed E-state index contributed by atoms with van der Waals surface area (Å²) < 4.78 is 21.9. The first-order chi connectivity index (χ1) is 22.4. The molecule has 0 rings (SSSR count). The van der Waals surface area contributed by atoms with Gasteiger partial charge in [-0.15, -0.1) is 0 Å². The average Bonchev–Trinajstić information content (AvgIpc) is 3.02. The fourth-order valence-corrected chi connectivity index (χ4v) is 4.68. The number of carboxylic acids is 1. The van der Waals surface area contributed by atoms with Crippen LogP contribution in [0.25, 0.3) is 0 Å². The van der Waals surface area contributed by atoms with Crippen LogP contribution in [0.2, 0.25) is 0 Å². The van der Waals surface area contributed by atoms with E-state index in [1.807, 2.05) is 27.7 Å². The first-order valence-corrected chi connectivity index (χ1v) is 16.6. The van der Waals surface area contributed by atoms with Gasteiger partial charge in [0.05, 0.1) is 43.7 Å². The molecule has 0 aliphatic carbocycles. The van der Waals surface area contributed by atoms with Crippen molar-refractivity contribution in [3.05, 3.63) is 0 Å². The number of hydrogen-bond acceptors (Lipinski definition) is 13. The highest BCUT2D eigenvalue weighted by molar-refractivity contribution is 7.99. The molecule has 0 aromatic heterocycles. The van der Waals surface area contributed by atoms with Crippen LogP contribution in [0.4, 0.5) is 9.59 Å². The molecular weight excluding hydrogens is 656 g/mol. The maximum absolute atomic E-state index is 12.6. The highest BCUT2D eigenvalue weighted by Crippen LogP contribution is 2.20. The van der Waals surface area contributed by atoms with Gasteiger partial charge in [0.1, 0.15) is 18.7 Å². The van der Waals surface area contributed by atoms with E-state index in [4.69, 9.17) is 29.8 Å². The molecule has 3 atom stereocenters. The Bertz CT molecular complexity index is 1030. The molecule has 0 spiro atoms. The molecule has 0 saturated heterocycles. The normalized spacial score (nSPS) is 13.3. The molecule has 0 bridgehead atoms. The minimum absolute atomic E-state index is 0.000741. The van der Waals surface area contributed by atoms with Gasteiger partial charge in [0.2, 0.25) is 17.7 Å². The number of aliphatic hydroxyl groups excluding tert-OH is 1. The Labute approximate surface area is 285 Å². The Morgan fingerprint density at radius 3 is 2.06 bits per heavy atom. The molecule has 0 saturated carbocycles. The summed E-state index contributed by atoms with van der Waals surface area (Å²) in [7, 11) is 2.81. The summed E-state index contributed by atoms with van der Waals surface area (Å²) in [5.41, 5.74) is 4.73. The topological polar surface area (TPSA) is 266 Å². The van der Waals surface area contributed by atoms with Crippen molar-refractivity contribution in [1.82, 2.24) is 26.6 Å². The van der Waals surface area contributed by atoms with E-state index >= 15 is 0 Å². The highest BCUT2D eigenvalue weighted by atomic mass is 32.2. The van der Waals surface area contributed by atoms with Crippen molar-refractivity contribution in [3.8, 4) is 0 Å². The van der Waals surface area contributed by atoms with Gasteiger partial charge in [-0.2, -0.15) is 11.8 Å². The van der Waals surface area contributed by atoms with Crippen LogP contribution in [0, 0.1) is 0 Å². The van der Waals surface area contributed by atoms with Crippen LogP contribution in [0.15, 0.2) is 0 Å². The number of ether oxygens (including phenoxy) is 4. The number of nitrogens with one attached hydrogen (secondary N) is 5. The van der Waals surface area contributed by atoms with Crippen molar-refractivity contribution in [2.45, 2.75) is 82.8 Å². The van der Waals surface area contributed by atoms with Crippen LogP contribution in [0.1, 0.15) is 53.4 Å². The molecule has 48 heavy (non-hydrogen) atoms. The van der Waals surface area contributed by atoms with Crippen molar-refractivity contribution < 1.29 is 57.9 Å². The number of hydrogen-bond donors (Lipinski definition) is 8. The summed E-state index contributed by atoms with van der Waals surface area (Å²) in [5.74, 6) is -2.41. The van der Waals surface area contributed by atoms with E-state index in [1.165, 1.54) is 25.9 Å². The number of alkyl carbamates (subject to hydrolysis) is 2. The molecule has 5 amide bonds. The van der Waals surface area contributed by atoms with Crippen molar-refractivity contribution in [3.63, 3.8) is 0 Å². The van der Waals surface area contributed by atoms with Crippen molar-refractivity contribution in [1.29, 1.82) is 0 Å². The molecule has 0 radical (unpaired) electrons. The van der Waals surface area contributed by atoms with Crippen LogP contribution in [-0.2, 0) is 38.1 Å². The number of rotatable bonds is 25. The molecule has 0 fully saturated rings. The smallest absolute Gasteiger partial charge is 0.407 e. The first-order valence-electron chi connectivity index (χ1n) is 15.5. The third kappa shape index (κ3) is 22.2. The van der Waals surface area contributed by atoms with E-state index in [1.54, 1.807) is 0 Å². The second-order valence-electron chi connectivity index (χ2n) is 11.8. The van der Waals surface area contributed by atoms with E-state index in [0.29, 0.717) is 19.4 Å². The lowest BCUT2D eigenvalue weighted by molar-refractivity contribution is -0.138. The van der Waals surface area contributed by atoms with Gasteiger partial charge in [-0.3, -0.25) is 19.2 Å². The predicted octanol–water partition coefficient (Wildman–Crippen LogP) is -0.928. The van der Waals surface area contributed by atoms with Gasteiger partial charge >= 0.3 is 18.2 Å². The standard InChI is InChI=1S/C29H54N6O12S/c1-28(2,9-7-22(37)34-15-23(38)39)45-13-10-29(3,4)46-14-11-33-25(41)21(16-36)35-24(40)20(30)18-48-17-19(47-27(43)32-6)8-12-44-26(42)31-5/h19-21,36H,7-18,30H2,1-6H3,(H,31,42)(H,32,43)(H,33,41)(H,34,37)(H,35,40)(H,38,39)/t19-,20+,21+/m1/s1. The maximum Gasteiger partial charge on any atom is 0.407 e. The lowest BCUT2D eigenvalue weighted by Gasteiger charge is -2.30. The number of nitrogens with two attached hydrogens (primary N) is 1. The number of carbonyl (C=O) groups is 6. The molecule has 0 heterocycles. The molecule has 9 N–H and O–H groups in total. The summed E-state index contributed by atoms with van der Waals surface area (Å²) in [5, 5.41) is 30.3. The van der Waals surface area contributed by atoms with Crippen molar-refractivity contribution >= 4 is 47.6 Å². The van der Waals surface area contributed by atoms with Crippen LogP contribution in [0.3, 0.4) is 0 Å². The second-order valence-corrected chi connectivity index (χ2v) is 12.8. The van der Waals surface area contributed by atoms with Gasteiger partial charge in [0, 0.05) is 45.0 Å². The fraction of sp³-hybridized carbons (Fsp3) is 0.793. The Balaban J connectivity index is 4.52. The molecule has 0 unspecified atom stereocenters. The predicted molar refractivity (Wildman–Crippen MR) is 176 cm³/mol. The molecule has 0 aliphatic heterocycles. The minimum Gasteiger partial charge on any atom is -0.480 e. The lowest BCUT2D eigenvalue weighted by atomic mass is 10.0. The molecule has 278 valence electrons. The first kappa shape index (κ1) is 44.6. The largest absolute Gasteiger partial charge is 0.480 e. The van der Waals surface area contributed by atoms with Crippen molar-refractivity contribution in [2.75, 3.05) is 65.1 Å². The molecule has 19 heteroatoms. The zero-order valence-corrected chi connectivity index (χ0v) is 29.5. The minimum atomic E-state index is -1.24. The number of aliphatic carboxylic acids is 1. The van der Waals surface area contributed by atoms with E-state index in [-0.39, 0.29) is 50.0 Å². The Morgan fingerprint density at radius 1 is 0.833 bits per heavy atom. The molecule has 0 aromatic rings. The van der Waals surface area contributed by atoms with Crippen LogP contribution >= 0.6 is 11.8 Å². The Morgan fingerprint density at radius 2 is 1.46 bits per heavy atom. The van der Waals surface area contributed by atoms with E-state index in [0.717, 1.165) is 0 Å². The highest BCUT2D eigenvalue weighted by Gasteiger charge is 2.26. The summed E-state index contributed by atoms with van der Waals surface area (Å²) in [6, 6.07) is -2.28. The summed E-state index contributed by atoms with van der Waals surface area (Å²) in [4.78, 5) is 70.4. The van der Waals surface area contributed by atoms with E-state index in [9.17, 15) is 33.9 Å². The number of carbonyl (C=O) groups excluding carboxylic acids is 5. The lowest BCUT2D eigenvalue weighted by Crippen LogP contribution is -2.54. The third-order valence-corrected chi connectivity index (χ3v) is 7.79. The Hall–Kier alpha value is -3.39. The summed E-state index contributed by atoms with van der Waals surface area (Å²) >= 11 is 1.22. The fourth-order valence-electron chi connectivity index (χ4n) is 3.64. The number of amides is 5. The van der Waals surface area contributed by atoms with Crippen molar-refractivity contribution in [2.24, 2.45) is 5.73 Å². The quantitative estimate of drug-likeness (QED) is 0.0533. The summed E-state index contributed by atoms with van der Waals surface area (Å²) in [6.45, 7) is 6.84. The molecule has 18 nitrogen and oxygen atoms in total.